The Balaban J connectivity index is 2.57. The molecule has 3 heteroatoms. The van der Waals surface area contributed by atoms with Gasteiger partial charge in [0.2, 0.25) is 0 Å². The van der Waals surface area contributed by atoms with E-state index in [0.29, 0.717) is 11.5 Å². The molecule has 0 amide bonds. The summed E-state index contributed by atoms with van der Waals surface area (Å²) in [5.41, 5.74) is 1.12. The number of hydrogen-bond acceptors (Lipinski definition) is 3. The van der Waals surface area contributed by atoms with Crippen molar-refractivity contribution in [1.29, 1.82) is 0 Å². The molecule has 0 aliphatic rings. The Morgan fingerprint density at radius 3 is 2.92 bits per heavy atom. The monoisotopic (exact) mass is 173 g/mol. The van der Waals surface area contributed by atoms with Crippen molar-refractivity contribution in [3.63, 3.8) is 0 Å². The van der Waals surface area contributed by atoms with Crippen LogP contribution in [0.5, 0.6) is 0 Å². The van der Waals surface area contributed by atoms with Gasteiger partial charge >= 0.3 is 0 Å². The minimum absolute atomic E-state index is 0.400. The van der Waals surface area contributed by atoms with Gasteiger partial charge in [-0.05, 0) is 24.3 Å². The average molecular weight is 173 g/mol. The average Bonchev–Trinajstić information content (AvgIpc) is 2.70. The first kappa shape index (κ1) is 7.73. The number of pyridine rings is 1. The van der Waals surface area contributed by atoms with Crippen molar-refractivity contribution < 1.29 is 9.21 Å². The Morgan fingerprint density at radius 1 is 1.31 bits per heavy atom. The maximum atomic E-state index is 10.6. The minimum atomic E-state index is 0.400. The molecule has 0 spiro atoms. The maximum Gasteiger partial charge on any atom is 0.169 e. The molecule has 0 unspecified atom stereocenters. The molecule has 0 aromatic carbocycles. The predicted molar refractivity (Wildman–Crippen MR) is 47.3 cm³/mol. The van der Waals surface area contributed by atoms with Crippen molar-refractivity contribution in [2.75, 3.05) is 0 Å². The standard InChI is InChI=1S/C10H7NO2/c12-7-9-8(3-1-5-11-9)10-4-2-6-13-10/h1-7H. The number of carbonyl (C=O) groups excluding carboxylic acids is 1. The highest BCUT2D eigenvalue weighted by Gasteiger charge is 2.06. The normalized spacial score (nSPS) is 9.85. The van der Waals surface area contributed by atoms with Crippen LogP contribution in [0.15, 0.2) is 41.1 Å². The molecule has 0 bridgehead atoms. The molecule has 0 atom stereocenters. The molecule has 3 nitrogen and oxygen atoms in total. The zero-order valence-corrected chi connectivity index (χ0v) is 6.81. The molecular weight excluding hydrogens is 166 g/mol. The molecule has 2 aromatic heterocycles. The maximum absolute atomic E-state index is 10.6. The van der Waals surface area contributed by atoms with Crippen LogP contribution in [-0.2, 0) is 0 Å². The molecule has 0 saturated carbocycles. The first-order chi connectivity index (χ1) is 6.42. The van der Waals surface area contributed by atoms with E-state index in [4.69, 9.17) is 4.42 Å². The summed E-state index contributed by atoms with van der Waals surface area (Å²) < 4.78 is 5.16. The number of aldehydes is 1. The lowest BCUT2D eigenvalue weighted by Crippen LogP contribution is -1.89. The van der Waals surface area contributed by atoms with E-state index in [1.807, 2.05) is 0 Å². The Kier molecular flexibility index (Phi) is 1.92. The van der Waals surface area contributed by atoms with Gasteiger partial charge in [-0.15, -0.1) is 0 Å². The van der Waals surface area contributed by atoms with Crippen LogP contribution in [0.3, 0.4) is 0 Å². The van der Waals surface area contributed by atoms with Gasteiger partial charge in [-0.2, -0.15) is 0 Å². The van der Waals surface area contributed by atoms with E-state index < -0.39 is 0 Å². The predicted octanol–water partition coefficient (Wildman–Crippen LogP) is 2.15. The van der Waals surface area contributed by atoms with Crippen molar-refractivity contribution in [3.8, 4) is 11.3 Å². The highest BCUT2D eigenvalue weighted by atomic mass is 16.3. The molecule has 0 aliphatic carbocycles. The van der Waals surface area contributed by atoms with Crippen LogP contribution in [0.2, 0.25) is 0 Å². The van der Waals surface area contributed by atoms with Crippen LogP contribution in [0.4, 0.5) is 0 Å². The smallest absolute Gasteiger partial charge is 0.169 e. The molecule has 0 saturated heterocycles. The summed E-state index contributed by atoms with van der Waals surface area (Å²) in [5, 5.41) is 0. The first-order valence-corrected chi connectivity index (χ1v) is 3.86. The van der Waals surface area contributed by atoms with E-state index in [2.05, 4.69) is 4.98 Å². The molecule has 64 valence electrons. The van der Waals surface area contributed by atoms with Crippen LogP contribution in [-0.4, -0.2) is 11.3 Å². The third-order valence-electron chi connectivity index (χ3n) is 1.74. The van der Waals surface area contributed by atoms with Crippen LogP contribution >= 0.6 is 0 Å². The van der Waals surface area contributed by atoms with Gasteiger partial charge in [-0.1, -0.05) is 0 Å². The quantitative estimate of drug-likeness (QED) is 0.653. The molecule has 2 aromatic rings. The van der Waals surface area contributed by atoms with Crippen molar-refractivity contribution in [1.82, 2.24) is 4.98 Å². The Labute approximate surface area is 75.0 Å². The number of nitrogens with zero attached hydrogens (tertiary/aromatic N) is 1. The molecule has 0 fully saturated rings. The summed E-state index contributed by atoms with van der Waals surface area (Å²) in [4.78, 5) is 14.5. The van der Waals surface area contributed by atoms with Crippen molar-refractivity contribution in [3.05, 3.63) is 42.4 Å². The van der Waals surface area contributed by atoms with Gasteiger partial charge in [-0.25, -0.2) is 0 Å². The van der Waals surface area contributed by atoms with Crippen molar-refractivity contribution >= 4 is 6.29 Å². The van der Waals surface area contributed by atoms with Crippen LogP contribution in [0.25, 0.3) is 11.3 Å². The summed E-state index contributed by atoms with van der Waals surface area (Å²) in [5.74, 6) is 0.662. The second-order valence-electron chi connectivity index (χ2n) is 2.53. The number of aromatic nitrogens is 1. The highest BCUT2D eigenvalue weighted by Crippen LogP contribution is 2.20. The van der Waals surface area contributed by atoms with Gasteiger partial charge in [0, 0.05) is 11.8 Å². The summed E-state index contributed by atoms with van der Waals surface area (Å²) >= 11 is 0. The van der Waals surface area contributed by atoms with Gasteiger partial charge in [-0.3, -0.25) is 9.78 Å². The summed E-state index contributed by atoms with van der Waals surface area (Å²) in [6.45, 7) is 0. The lowest BCUT2D eigenvalue weighted by Gasteiger charge is -1.97. The number of hydrogen-bond donors (Lipinski definition) is 0. The summed E-state index contributed by atoms with van der Waals surface area (Å²) in [6.07, 6.45) is 3.87. The summed E-state index contributed by atoms with van der Waals surface area (Å²) in [7, 11) is 0. The molecular formula is C10H7NO2. The highest BCUT2D eigenvalue weighted by molar-refractivity contribution is 5.83. The Hall–Kier alpha value is -1.90. The van der Waals surface area contributed by atoms with Crippen molar-refractivity contribution in [2.24, 2.45) is 0 Å². The van der Waals surface area contributed by atoms with E-state index >= 15 is 0 Å². The van der Waals surface area contributed by atoms with E-state index in [9.17, 15) is 4.79 Å². The zero-order chi connectivity index (χ0) is 9.10. The number of carbonyl (C=O) groups is 1. The second-order valence-corrected chi connectivity index (χ2v) is 2.53. The number of furan rings is 1. The topological polar surface area (TPSA) is 43.1 Å². The molecule has 0 radical (unpaired) electrons. The molecule has 2 heterocycles. The van der Waals surface area contributed by atoms with E-state index in [-0.39, 0.29) is 0 Å². The van der Waals surface area contributed by atoms with Crippen LogP contribution in [0.1, 0.15) is 10.5 Å². The Morgan fingerprint density at radius 2 is 2.23 bits per heavy atom. The lowest BCUT2D eigenvalue weighted by molar-refractivity contribution is 0.111. The Bertz CT molecular complexity index is 407. The van der Waals surface area contributed by atoms with Crippen LogP contribution in [0, 0.1) is 0 Å². The van der Waals surface area contributed by atoms with Gasteiger partial charge in [0.1, 0.15) is 11.5 Å². The SMILES string of the molecule is O=Cc1ncccc1-c1ccco1. The largest absolute Gasteiger partial charge is 0.464 e. The molecule has 13 heavy (non-hydrogen) atoms. The lowest BCUT2D eigenvalue weighted by atomic mass is 10.1. The van der Waals surface area contributed by atoms with Gasteiger partial charge in [0.25, 0.3) is 0 Å². The third kappa shape index (κ3) is 1.36. The molecule has 0 N–H and O–H groups in total. The molecule has 0 aliphatic heterocycles. The second kappa shape index (κ2) is 3.23. The third-order valence-corrected chi connectivity index (χ3v) is 1.74. The fourth-order valence-corrected chi connectivity index (χ4v) is 1.15. The van der Waals surface area contributed by atoms with E-state index in [1.54, 1.807) is 36.7 Å². The van der Waals surface area contributed by atoms with Gasteiger partial charge in [0.15, 0.2) is 6.29 Å². The molecule has 2 rings (SSSR count). The minimum Gasteiger partial charge on any atom is -0.464 e. The van der Waals surface area contributed by atoms with Gasteiger partial charge < -0.3 is 4.42 Å². The van der Waals surface area contributed by atoms with E-state index in [0.717, 1.165) is 11.8 Å². The zero-order valence-electron chi connectivity index (χ0n) is 6.81. The van der Waals surface area contributed by atoms with Gasteiger partial charge in [0.05, 0.1) is 6.26 Å². The van der Waals surface area contributed by atoms with Crippen LogP contribution < -0.4 is 0 Å². The summed E-state index contributed by atoms with van der Waals surface area (Å²) in [6, 6.07) is 7.14. The fourth-order valence-electron chi connectivity index (χ4n) is 1.15. The fraction of sp³-hybridized carbons (Fsp3) is 0. The number of rotatable bonds is 2. The van der Waals surface area contributed by atoms with E-state index in [1.165, 1.54) is 0 Å². The van der Waals surface area contributed by atoms with Crippen molar-refractivity contribution in [2.45, 2.75) is 0 Å². The first-order valence-electron chi connectivity index (χ1n) is 3.86.